The minimum atomic E-state index is -5.11. The number of anilines is 1. The Morgan fingerprint density at radius 3 is 1.76 bits per heavy atom. The van der Waals surface area contributed by atoms with Crippen LogP contribution in [-0.2, 0) is 49.2 Å². The number of aliphatic hydroxyl groups excluding tert-OH is 1. The first-order chi connectivity index (χ1) is 36.8. The number of hydrogen-bond donors (Lipinski definition) is 6. The van der Waals surface area contributed by atoms with Crippen molar-refractivity contribution in [1.29, 1.82) is 0 Å². The van der Waals surface area contributed by atoms with Gasteiger partial charge in [-0.15, -0.1) is 10.2 Å². The number of nitrogens with two attached hydrogens (primary N) is 1. The Bertz CT molecular complexity index is 3220. The highest BCUT2D eigenvalue weighted by atomic mass is 32.2. The molecule has 1 unspecified atom stereocenters. The highest BCUT2D eigenvalue weighted by Crippen LogP contribution is 2.43. The van der Waals surface area contributed by atoms with Gasteiger partial charge >= 0.3 is 12.2 Å². The fraction of sp³-hybridized carbons (Fsp3) is 0.358. The van der Waals surface area contributed by atoms with Crippen LogP contribution in [0.25, 0.3) is 22.5 Å². The average molecular weight is 1120 g/mol. The molecule has 1 aromatic heterocycles. The minimum Gasteiger partial charge on any atom is -0.497 e. The van der Waals surface area contributed by atoms with Gasteiger partial charge in [-0.25, -0.2) is 31.1 Å². The average Bonchev–Trinajstić information content (AvgIpc) is 3.91. The van der Waals surface area contributed by atoms with Crippen molar-refractivity contribution in [2.45, 2.75) is 88.2 Å². The molecule has 3 amide bonds. The molecule has 0 spiro atoms. The lowest BCUT2D eigenvalue weighted by Crippen LogP contribution is -2.47. The third-order valence-corrected chi connectivity index (χ3v) is 14.9. The predicted molar refractivity (Wildman–Crippen MR) is 290 cm³/mol. The Kier molecular flexibility index (Phi) is 19.5. The maximum absolute atomic E-state index is 16.2. The first kappa shape index (κ1) is 59.4. The summed E-state index contributed by atoms with van der Waals surface area (Å²) < 4.78 is 92.4. The highest BCUT2D eigenvalue weighted by molar-refractivity contribution is 7.92. The fourth-order valence-corrected chi connectivity index (χ4v) is 11.1. The number of aromatic nitrogens is 4. The van der Waals surface area contributed by atoms with Crippen molar-refractivity contribution >= 4 is 43.8 Å². The van der Waals surface area contributed by atoms with Crippen molar-refractivity contribution in [3.8, 4) is 39.8 Å². The molecule has 25 heteroatoms. The number of amides is 3. The van der Waals surface area contributed by atoms with Crippen LogP contribution in [0.1, 0.15) is 68.6 Å². The molecule has 6 rings (SSSR count). The maximum atomic E-state index is 16.2. The molecule has 0 fully saturated rings. The Morgan fingerprint density at radius 2 is 1.23 bits per heavy atom. The molecule has 7 N–H and O–H groups in total. The first-order valence-corrected chi connectivity index (χ1v) is 27.3. The Labute approximate surface area is 453 Å². The van der Waals surface area contributed by atoms with E-state index in [1.807, 2.05) is 0 Å². The molecular weight excluding hydrogens is 1050 g/mol. The lowest BCUT2D eigenvalue weighted by Gasteiger charge is -2.26. The lowest BCUT2D eigenvalue weighted by atomic mass is 9.95. The number of para-hydroxylation sites is 1. The van der Waals surface area contributed by atoms with Gasteiger partial charge in [0, 0.05) is 38.3 Å². The number of carbonyl (C=O) groups is 3. The van der Waals surface area contributed by atoms with Gasteiger partial charge < -0.3 is 50.5 Å². The molecule has 23 nitrogen and oxygen atoms in total. The van der Waals surface area contributed by atoms with Gasteiger partial charge in [0.1, 0.15) is 38.2 Å². The second-order valence-corrected chi connectivity index (χ2v) is 23.2. The van der Waals surface area contributed by atoms with Gasteiger partial charge in [-0.05, 0) is 118 Å². The number of aliphatic hydroxyl groups is 1. The molecule has 78 heavy (non-hydrogen) atoms. The van der Waals surface area contributed by atoms with E-state index in [4.69, 9.17) is 29.4 Å². The van der Waals surface area contributed by atoms with Crippen molar-refractivity contribution in [3.05, 3.63) is 125 Å². The molecule has 5 aromatic carbocycles. The number of sulfonamides is 2. The molecule has 0 saturated heterocycles. The van der Waals surface area contributed by atoms with E-state index in [0.717, 1.165) is 10.4 Å². The van der Waals surface area contributed by atoms with Gasteiger partial charge in [-0.1, -0.05) is 54.6 Å². The van der Waals surface area contributed by atoms with Gasteiger partial charge in [0.05, 0.1) is 57.3 Å². The van der Waals surface area contributed by atoms with E-state index >= 15 is 8.42 Å². The van der Waals surface area contributed by atoms with Gasteiger partial charge in [0.15, 0.2) is 0 Å². The fourth-order valence-electron chi connectivity index (χ4n) is 7.69. The van der Waals surface area contributed by atoms with Crippen LogP contribution in [0, 0.1) is 0 Å². The number of nitrogen functional groups attached to an aromatic ring is 1. The van der Waals surface area contributed by atoms with E-state index in [0.29, 0.717) is 33.9 Å². The summed E-state index contributed by atoms with van der Waals surface area (Å²) in [6.07, 6.45) is -1.64. The first-order valence-electron chi connectivity index (χ1n) is 24.4. The smallest absolute Gasteiger partial charge is 0.408 e. The summed E-state index contributed by atoms with van der Waals surface area (Å²) in [4.78, 5) is 38.8. The van der Waals surface area contributed by atoms with Gasteiger partial charge in [0.25, 0.3) is 5.91 Å². The van der Waals surface area contributed by atoms with E-state index in [9.17, 15) is 27.9 Å². The van der Waals surface area contributed by atoms with Crippen molar-refractivity contribution in [3.63, 3.8) is 0 Å². The summed E-state index contributed by atoms with van der Waals surface area (Å²) in [7, 11) is -5.49. The van der Waals surface area contributed by atoms with Crippen molar-refractivity contribution in [1.82, 2.24) is 45.2 Å². The van der Waals surface area contributed by atoms with Crippen LogP contribution in [0.15, 0.2) is 113 Å². The standard InChI is InChI=1S/C53H66N10O13S2/c1-52(2,3)75-50(66)55-27-28-57-77(68,69)44-26-25-41(42-11-10-12-43(46(42)54)49(65)56-29-37(33-64)58-51(67)76-53(4,5)6)45(48-59-61-63(60-48)32-36-17-23-40(74-9)24-18-36)47(44)78(70,71)62(30-34-13-19-38(72-7)20-14-34)31-35-15-21-39(73-8)22-16-35/h10-26,37,57,64H,27-33,54H2,1-9H3,(H,55,66)(H,56,65)(H,58,67). The third-order valence-electron chi connectivity index (χ3n) is 11.4. The van der Waals surface area contributed by atoms with E-state index in [-0.39, 0.29) is 66.5 Å². The van der Waals surface area contributed by atoms with Gasteiger partial charge in [-0.2, -0.15) is 9.10 Å². The number of methoxy groups -OCH3 is 3. The molecule has 1 atom stereocenters. The van der Waals surface area contributed by atoms with Crippen LogP contribution in [0.4, 0.5) is 15.3 Å². The number of tetrazole rings is 1. The Morgan fingerprint density at radius 1 is 0.692 bits per heavy atom. The highest BCUT2D eigenvalue weighted by Gasteiger charge is 2.38. The number of alkyl carbamates (subject to hydrolysis) is 2. The molecule has 0 aliphatic carbocycles. The molecule has 0 bridgehead atoms. The summed E-state index contributed by atoms with van der Waals surface area (Å²) in [6.45, 7) is 7.91. The topological polar surface area (TPSA) is 307 Å². The zero-order chi connectivity index (χ0) is 57.0. The van der Waals surface area contributed by atoms with Crippen LogP contribution >= 0.6 is 0 Å². The van der Waals surface area contributed by atoms with Crippen LogP contribution < -0.4 is 40.6 Å². The Hall–Kier alpha value is -7.84. The molecule has 0 radical (unpaired) electrons. The summed E-state index contributed by atoms with van der Waals surface area (Å²) in [6, 6.07) is 26.1. The zero-order valence-electron chi connectivity index (χ0n) is 44.8. The third kappa shape index (κ3) is 15.9. The summed E-state index contributed by atoms with van der Waals surface area (Å²) in [5.74, 6) is 0.502. The summed E-state index contributed by atoms with van der Waals surface area (Å²) >= 11 is 0. The number of rotatable bonds is 23. The molecular formula is C53H66N10O13S2. The number of hydrogen-bond acceptors (Lipinski definition) is 17. The predicted octanol–water partition coefficient (Wildman–Crippen LogP) is 5.47. The molecule has 0 aliphatic rings. The van der Waals surface area contributed by atoms with Crippen molar-refractivity contribution in [2.75, 3.05) is 53.3 Å². The zero-order valence-corrected chi connectivity index (χ0v) is 46.5. The molecule has 0 aliphatic heterocycles. The number of nitrogens with one attached hydrogen (secondary N) is 4. The van der Waals surface area contributed by atoms with Crippen molar-refractivity contribution in [2.24, 2.45) is 0 Å². The van der Waals surface area contributed by atoms with Gasteiger partial charge in [-0.3, -0.25) is 4.79 Å². The number of ether oxygens (including phenoxy) is 5. The molecule has 0 saturated carbocycles. The summed E-state index contributed by atoms with van der Waals surface area (Å²) in [5.41, 5.74) is 6.29. The van der Waals surface area contributed by atoms with Gasteiger partial charge in [0.2, 0.25) is 25.9 Å². The number of carbonyl (C=O) groups excluding carboxylic acids is 3. The molecule has 1 heterocycles. The lowest BCUT2D eigenvalue weighted by molar-refractivity contribution is 0.0478. The SMILES string of the molecule is COc1ccc(CN(Cc2ccc(OC)cc2)S(=O)(=O)c2c(S(=O)(=O)NCCNC(=O)OC(C)(C)C)ccc(-c3cccc(C(=O)NCC(CO)NC(=O)OC(C)(C)C)c3N)c2-c2nnn(Cc3ccc(OC)cc3)n2)cc1. The largest absolute Gasteiger partial charge is 0.497 e. The van der Waals surface area contributed by atoms with E-state index in [2.05, 4.69) is 36.1 Å². The van der Waals surface area contributed by atoms with E-state index in [1.165, 1.54) is 50.4 Å². The quantitative estimate of drug-likeness (QED) is 0.0342. The maximum Gasteiger partial charge on any atom is 0.408 e. The molecule has 6 aromatic rings. The van der Waals surface area contributed by atoms with E-state index in [1.54, 1.807) is 114 Å². The summed E-state index contributed by atoms with van der Waals surface area (Å²) in [5, 5.41) is 31.1. The minimum absolute atomic E-state index is 0.0229. The van der Waals surface area contributed by atoms with Crippen LogP contribution in [-0.4, -0.2) is 129 Å². The monoisotopic (exact) mass is 1110 g/mol. The number of nitrogens with zero attached hydrogens (tertiary/aromatic N) is 5. The van der Waals surface area contributed by atoms with Crippen LogP contribution in [0.5, 0.6) is 17.2 Å². The second-order valence-electron chi connectivity index (χ2n) is 19.6. The second kappa shape index (κ2) is 25.5. The van der Waals surface area contributed by atoms with E-state index < -0.39 is 78.3 Å². The van der Waals surface area contributed by atoms with Crippen LogP contribution in [0.3, 0.4) is 0 Å². The number of benzene rings is 5. The normalized spacial score (nSPS) is 12.3. The molecule has 418 valence electrons. The van der Waals surface area contributed by atoms with Crippen LogP contribution in [0.2, 0.25) is 0 Å². The van der Waals surface area contributed by atoms with Crippen molar-refractivity contribution < 1.29 is 60.0 Å². The Balaban J connectivity index is 1.58.